The van der Waals surface area contributed by atoms with Crippen LogP contribution in [-0.2, 0) is 13.5 Å². The first-order valence-electron chi connectivity index (χ1n) is 5.92. The van der Waals surface area contributed by atoms with Gasteiger partial charge in [-0.2, -0.15) is 0 Å². The van der Waals surface area contributed by atoms with E-state index < -0.39 is 0 Å². The number of hydrogen-bond acceptors (Lipinski definition) is 2. The van der Waals surface area contributed by atoms with Crippen LogP contribution in [0.15, 0.2) is 22.7 Å². The zero-order valence-electron chi connectivity index (χ0n) is 10.5. The van der Waals surface area contributed by atoms with Crippen LogP contribution < -0.4 is 5.32 Å². The van der Waals surface area contributed by atoms with Gasteiger partial charge in [0, 0.05) is 30.5 Å². The first-order valence-corrected chi connectivity index (χ1v) is 6.71. The Kier molecular flexibility index (Phi) is 3.84. The summed E-state index contributed by atoms with van der Waals surface area (Å²) in [5, 5.41) is 3.41. The molecule has 0 unspecified atom stereocenters. The van der Waals surface area contributed by atoms with E-state index in [1.807, 2.05) is 0 Å². The van der Waals surface area contributed by atoms with Gasteiger partial charge in [0.15, 0.2) is 0 Å². The van der Waals surface area contributed by atoms with Gasteiger partial charge in [0.25, 0.3) is 0 Å². The maximum Gasteiger partial charge on any atom is 0.110 e. The summed E-state index contributed by atoms with van der Waals surface area (Å²) in [5.41, 5.74) is 2.24. The quantitative estimate of drug-likeness (QED) is 0.940. The molecule has 4 heteroatoms. The summed E-state index contributed by atoms with van der Waals surface area (Å²) >= 11 is 3.48. The van der Waals surface area contributed by atoms with Crippen molar-refractivity contribution in [1.82, 2.24) is 14.9 Å². The fraction of sp³-hybridized carbons (Fsp3) is 0.462. The Morgan fingerprint density at radius 2 is 2.18 bits per heavy atom. The second-order valence-corrected chi connectivity index (χ2v) is 5.49. The monoisotopic (exact) mass is 295 g/mol. The number of aryl methyl sites for hydroxylation is 1. The van der Waals surface area contributed by atoms with Gasteiger partial charge in [0.2, 0.25) is 0 Å². The van der Waals surface area contributed by atoms with E-state index in [-0.39, 0.29) is 0 Å². The lowest BCUT2D eigenvalue weighted by Gasteiger charge is -2.07. The summed E-state index contributed by atoms with van der Waals surface area (Å²) in [7, 11) is 2.08. The van der Waals surface area contributed by atoms with E-state index in [2.05, 4.69) is 69.9 Å². The normalized spacial score (nSPS) is 11.6. The molecule has 0 radical (unpaired) electrons. The summed E-state index contributed by atoms with van der Waals surface area (Å²) in [5.74, 6) is 1.13. The largest absolute Gasteiger partial charge is 0.331 e. The number of fused-ring (bicyclic) bond motifs is 1. The Labute approximate surface area is 110 Å². The molecule has 1 N–H and O–H groups in total. The predicted octanol–water partition coefficient (Wildman–Crippen LogP) is 2.88. The zero-order valence-corrected chi connectivity index (χ0v) is 12.1. The lowest BCUT2D eigenvalue weighted by Crippen LogP contribution is -2.25. The first-order chi connectivity index (χ1) is 8.08. The third kappa shape index (κ3) is 2.87. The van der Waals surface area contributed by atoms with E-state index in [9.17, 15) is 0 Å². The second kappa shape index (κ2) is 5.19. The molecule has 0 aliphatic rings. The smallest absolute Gasteiger partial charge is 0.110 e. The fourth-order valence-corrected chi connectivity index (χ4v) is 2.27. The van der Waals surface area contributed by atoms with Crippen molar-refractivity contribution in [1.29, 1.82) is 0 Å². The van der Waals surface area contributed by atoms with Gasteiger partial charge in [-0.15, -0.1) is 0 Å². The van der Waals surface area contributed by atoms with Gasteiger partial charge in [0.1, 0.15) is 5.82 Å². The molecule has 0 fully saturated rings. The lowest BCUT2D eigenvalue weighted by molar-refractivity contribution is 0.578. The maximum absolute atomic E-state index is 4.66. The van der Waals surface area contributed by atoms with Gasteiger partial charge in [-0.3, -0.25) is 0 Å². The van der Waals surface area contributed by atoms with Gasteiger partial charge in [0.05, 0.1) is 11.0 Å². The summed E-state index contributed by atoms with van der Waals surface area (Å²) < 4.78 is 3.25. The highest BCUT2D eigenvalue weighted by atomic mass is 79.9. The number of imidazole rings is 1. The standard InChI is InChI=1S/C13H18BrN3/c1-9(2)15-7-6-13-16-11-8-10(14)4-5-12(11)17(13)3/h4-5,8-9,15H,6-7H2,1-3H3. The highest BCUT2D eigenvalue weighted by molar-refractivity contribution is 9.10. The van der Waals surface area contributed by atoms with Gasteiger partial charge in [-0.1, -0.05) is 29.8 Å². The van der Waals surface area contributed by atoms with Crippen LogP contribution in [-0.4, -0.2) is 22.1 Å². The molecule has 1 aromatic carbocycles. The van der Waals surface area contributed by atoms with Crippen LogP contribution in [0, 0.1) is 0 Å². The number of rotatable bonds is 4. The average molecular weight is 296 g/mol. The van der Waals surface area contributed by atoms with Gasteiger partial charge < -0.3 is 9.88 Å². The summed E-state index contributed by atoms with van der Waals surface area (Å²) in [6.07, 6.45) is 0.959. The summed E-state index contributed by atoms with van der Waals surface area (Å²) in [6.45, 7) is 5.29. The van der Waals surface area contributed by atoms with Gasteiger partial charge >= 0.3 is 0 Å². The number of benzene rings is 1. The molecule has 0 aliphatic carbocycles. The molecule has 3 nitrogen and oxygen atoms in total. The number of hydrogen-bond donors (Lipinski definition) is 1. The fourth-order valence-electron chi connectivity index (χ4n) is 1.92. The van der Waals surface area contributed by atoms with Crippen molar-refractivity contribution in [2.75, 3.05) is 6.54 Å². The molecule has 0 saturated carbocycles. The molecule has 0 spiro atoms. The number of halogens is 1. The van der Waals surface area contributed by atoms with Crippen molar-refractivity contribution in [3.63, 3.8) is 0 Å². The molecule has 2 aromatic rings. The Morgan fingerprint density at radius 1 is 1.41 bits per heavy atom. The first kappa shape index (κ1) is 12.6. The molecule has 17 heavy (non-hydrogen) atoms. The molecule has 0 amide bonds. The van der Waals surface area contributed by atoms with Crippen molar-refractivity contribution in [2.24, 2.45) is 7.05 Å². The van der Waals surface area contributed by atoms with E-state index in [1.165, 1.54) is 5.52 Å². The molecular weight excluding hydrogens is 278 g/mol. The van der Waals surface area contributed by atoms with Gasteiger partial charge in [-0.05, 0) is 18.2 Å². The highest BCUT2D eigenvalue weighted by Crippen LogP contribution is 2.20. The van der Waals surface area contributed by atoms with Crippen molar-refractivity contribution in [3.05, 3.63) is 28.5 Å². The lowest BCUT2D eigenvalue weighted by atomic mass is 10.3. The number of nitrogens with zero attached hydrogens (tertiary/aromatic N) is 2. The van der Waals surface area contributed by atoms with Crippen molar-refractivity contribution in [2.45, 2.75) is 26.3 Å². The van der Waals surface area contributed by atoms with E-state index in [0.717, 1.165) is 28.8 Å². The molecule has 0 atom stereocenters. The van der Waals surface area contributed by atoms with Crippen LogP contribution in [0.4, 0.5) is 0 Å². The molecule has 0 aliphatic heterocycles. The van der Waals surface area contributed by atoms with Gasteiger partial charge in [-0.25, -0.2) is 4.98 Å². The second-order valence-electron chi connectivity index (χ2n) is 4.58. The third-order valence-electron chi connectivity index (χ3n) is 2.84. The van der Waals surface area contributed by atoms with E-state index in [1.54, 1.807) is 0 Å². The zero-order chi connectivity index (χ0) is 12.4. The Balaban J connectivity index is 2.20. The molecule has 1 heterocycles. The minimum atomic E-state index is 0.527. The number of nitrogens with one attached hydrogen (secondary N) is 1. The SMILES string of the molecule is CC(C)NCCc1nc2cc(Br)ccc2n1C. The van der Waals surface area contributed by atoms with Crippen LogP contribution in [0.1, 0.15) is 19.7 Å². The van der Waals surface area contributed by atoms with Crippen LogP contribution >= 0.6 is 15.9 Å². The van der Waals surface area contributed by atoms with E-state index >= 15 is 0 Å². The van der Waals surface area contributed by atoms with Crippen LogP contribution in [0.25, 0.3) is 11.0 Å². The molecule has 2 rings (SSSR count). The maximum atomic E-state index is 4.66. The van der Waals surface area contributed by atoms with Crippen LogP contribution in [0.3, 0.4) is 0 Å². The average Bonchev–Trinajstić information content (AvgIpc) is 2.55. The van der Waals surface area contributed by atoms with Crippen LogP contribution in [0.5, 0.6) is 0 Å². The summed E-state index contributed by atoms with van der Waals surface area (Å²) in [6, 6.07) is 6.75. The third-order valence-corrected chi connectivity index (χ3v) is 3.33. The highest BCUT2D eigenvalue weighted by Gasteiger charge is 2.07. The van der Waals surface area contributed by atoms with E-state index in [4.69, 9.17) is 0 Å². The van der Waals surface area contributed by atoms with Crippen molar-refractivity contribution < 1.29 is 0 Å². The molecule has 1 aromatic heterocycles. The topological polar surface area (TPSA) is 29.9 Å². The molecule has 0 bridgehead atoms. The molecule has 0 saturated heterocycles. The number of aromatic nitrogens is 2. The van der Waals surface area contributed by atoms with Crippen LogP contribution in [0.2, 0.25) is 0 Å². The minimum Gasteiger partial charge on any atom is -0.331 e. The summed E-state index contributed by atoms with van der Waals surface area (Å²) in [4.78, 5) is 4.66. The van der Waals surface area contributed by atoms with Crippen molar-refractivity contribution >= 4 is 27.0 Å². The molecule has 92 valence electrons. The predicted molar refractivity (Wildman–Crippen MR) is 75.3 cm³/mol. The Morgan fingerprint density at radius 3 is 2.88 bits per heavy atom. The van der Waals surface area contributed by atoms with Crippen molar-refractivity contribution in [3.8, 4) is 0 Å². The Bertz CT molecular complexity index is 517. The minimum absolute atomic E-state index is 0.527. The Hall–Kier alpha value is -0.870. The molecular formula is C13H18BrN3. The van der Waals surface area contributed by atoms with E-state index in [0.29, 0.717) is 6.04 Å².